The second kappa shape index (κ2) is 4.55. The van der Waals surface area contributed by atoms with Crippen molar-refractivity contribution in [1.29, 1.82) is 0 Å². The van der Waals surface area contributed by atoms with Crippen LogP contribution in [0.5, 0.6) is 0 Å². The van der Waals surface area contributed by atoms with Crippen LogP contribution in [0, 0.1) is 0 Å². The lowest BCUT2D eigenvalue weighted by Gasteiger charge is -2.24. The van der Waals surface area contributed by atoms with E-state index in [4.69, 9.17) is 11.5 Å². The summed E-state index contributed by atoms with van der Waals surface area (Å²) >= 11 is 0. The molecule has 5 nitrogen and oxygen atoms in total. The van der Waals surface area contributed by atoms with Crippen molar-refractivity contribution >= 4 is 11.8 Å². The molecule has 0 fully saturated rings. The Morgan fingerprint density at radius 1 is 1.24 bits per heavy atom. The first-order chi connectivity index (χ1) is 7.79. The predicted molar refractivity (Wildman–Crippen MR) is 63.6 cm³/mol. The molecule has 0 saturated carbocycles. The van der Waals surface area contributed by atoms with Crippen LogP contribution in [0.4, 0.5) is 0 Å². The molecule has 92 valence electrons. The molecular weight excluding hydrogens is 220 g/mol. The molecule has 17 heavy (non-hydrogen) atoms. The van der Waals surface area contributed by atoms with Gasteiger partial charge in [-0.25, -0.2) is 0 Å². The number of aliphatic hydroxyl groups excluding tert-OH is 1. The highest BCUT2D eigenvalue weighted by Gasteiger charge is 2.25. The Hall–Kier alpha value is -1.88. The summed E-state index contributed by atoms with van der Waals surface area (Å²) in [5.74, 6) is -1.19. The van der Waals surface area contributed by atoms with Crippen molar-refractivity contribution in [3.63, 3.8) is 0 Å². The van der Waals surface area contributed by atoms with Gasteiger partial charge >= 0.3 is 0 Å². The van der Waals surface area contributed by atoms with Gasteiger partial charge in [0.15, 0.2) is 0 Å². The minimum absolute atomic E-state index is 0.171. The Morgan fingerprint density at radius 3 is 2.24 bits per heavy atom. The lowest BCUT2D eigenvalue weighted by molar-refractivity contribution is 0.0985. The number of carbonyl (C=O) groups is 2. The lowest BCUT2D eigenvalue weighted by Crippen LogP contribution is -2.28. The monoisotopic (exact) mass is 236 g/mol. The van der Waals surface area contributed by atoms with Gasteiger partial charge in [0, 0.05) is 16.5 Å². The summed E-state index contributed by atoms with van der Waals surface area (Å²) in [7, 11) is 0. The zero-order chi connectivity index (χ0) is 13.2. The maximum atomic E-state index is 11.3. The molecule has 0 radical (unpaired) electrons. The van der Waals surface area contributed by atoms with Crippen LogP contribution in [0.15, 0.2) is 18.2 Å². The molecule has 5 heteroatoms. The van der Waals surface area contributed by atoms with E-state index in [1.54, 1.807) is 13.8 Å². The van der Waals surface area contributed by atoms with Gasteiger partial charge in [0.2, 0.25) is 11.8 Å². The summed E-state index contributed by atoms with van der Waals surface area (Å²) in [6, 6.07) is 4.40. The van der Waals surface area contributed by atoms with Gasteiger partial charge in [-0.05, 0) is 23.8 Å². The van der Waals surface area contributed by atoms with Crippen LogP contribution in [0.1, 0.15) is 40.1 Å². The fourth-order valence-electron chi connectivity index (χ4n) is 1.56. The van der Waals surface area contributed by atoms with E-state index in [1.165, 1.54) is 18.2 Å². The number of amides is 2. The highest BCUT2D eigenvalue weighted by molar-refractivity contribution is 5.98. The molecule has 1 aromatic carbocycles. The van der Waals surface area contributed by atoms with Crippen LogP contribution in [-0.2, 0) is 5.41 Å². The fraction of sp³-hybridized carbons (Fsp3) is 0.333. The van der Waals surface area contributed by atoms with Gasteiger partial charge in [0.1, 0.15) is 0 Å². The molecule has 0 aromatic heterocycles. The molecule has 0 aliphatic carbocycles. The molecule has 0 bridgehead atoms. The highest BCUT2D eigenvalue weighted by Crippen LogP contribution is 2.27. The van der Waals surface area contributed by atoms with Gasteiger partial charge in [0.25, 0.3) is 0 Å². The van der Waals surface area contributed by atoms with E-state index < -0.39 is 17.2 Å². The minimum atomic E-state index is -0.671. The number of nitrogens with two attached hydrogens (primary N) is 2. The number of aliphatic hydroxyl groups is 1. The first kappa shape index (κ1) is 13.2. The Morgan fingerprint density at radius 2 is 1.82 bits per heavy atom. The molecule has 0 aliphatic heterocycles. The number of benzene rings is 1. The van der Waals surface area contributed by atoms with Crippen LogP contribution < -0.4 is 11.5 Å². The largest absolute Gasteiger partial charge is 0.395 e. The van der Waals surface area contributed by atoms with Crippen molar-refractivity contribution < 1.29 is 14.7 Å². The zero-order valence-electron chi connectivity index (χ0n) is 9.86. The van der Waals surface area contributed by atoms with E-state index in [-0.39, 0.29) is 17.7 Å². The number of carbonyl (C=O) groups excluding carboxylic acids is 2. The first-order valence-electron chi connectivity index (χ1n) is 5.14. The molecule has 0 aliphatic rings. The van der Waals surface area contributed by atoms with E-state index in [0.717, 1.165) is 0 Å². The number of primary amides is 2. The van der Waals surface area contributed by atoms with Gasteiger partial charge in [0.05, 0.1) is 6.61 Å². The molecule has 2 amide bonds. The summed E-state index contributed by atoms with van der Waals surface area (Å²) < 4.78 is 0. The molecule has 0 spiro atoms. The Labute approximate surface area is 99.4 Å². The molecule has 1 aromatic rings. The molecular formula is C12H16N2O3. The van der Waals surface area contributed by atoms with Gasteiger partial charge in [-0.3, -0.25) is 9.59 Å². The maximum Gasteiger partial charge on any atom is 0.248 e. The first-order valence-corrected chi connectivity index (χ1v) is 5.14. The second-order valence-corrected chi connectivity index (χ2v) is 4.53. The average Bonchev–Trinajstić information content (AvgIpc) is 2.28. The standard InChI is InChI=1S/C12H16N2O3/c1-12(2,6-15)9-5-7(10(13)16)3-4-8(9)11(14)17/h3-5,15H,6H2,1-2H3,(H2,13,16)(H2,14,17). The van der Waals surface area contributed by atoms with Crippen LogP contribution in [0.2, 0.25) is 0 Å². The predicted octanol–water partition coefficient (Wildman–Crippen LogP) is 0.154. The number of rotatable bonds is 4. The van der Waals surface area contributed by atoms with Gasteiger partial charge < -0.3 is 16.6 Å². The van der Waals surface area contributed by atoms with E-state index in [9.17, 15) is 14.7 Å². The lowest BCUT2D eigenvalue weighted by atomic mass is 9.81. The second-order valence-electron chi connectivity index (χ2n) is 4.53. The summed E-state index contributed by atoms with van der Waals surface area (Å²) in [5, 5.41) is 9.31. The number of hydrogen-bond acceptors (Lipinski definition) is 3. The summed E-state index contributed by atoms with van der Waals surface area (Å²) in [6.45, 7) is 3.33. The third-order valence-corrected chi connectivity index (χ3v) is 2.69. The summed E-state index contributed by atoms with van der Waals surface area (Å²) in [4.78, 5) is 22.4. The van der Waals surface area contributed by atoms with Crippen LogP contribution >= 0.6 is 0 Å². The Bertz CT molecular complexity index is 467. The maximum absolute atomic E-state index is 11.3. The fourth-order valence-corrected chi connectivity index (χ4v) is 1.56. The van der Waals surface area contributed by atoms with Crippen molar-refractivity contribution in [2.75, 3.05) is 6.61 Å². The highest BCUT2D eigenvalue weighted by atomic mass is 16.3. The normalized spacial score (nSPS) is 11.2. The summed E-state index contributed by atoms with van der Waals surface area (Å²) in [6.07, 6.45) is 0. The topological polar surface area (TPSA) is 106 Å². The summed E-state index contributed by atoms with van der Waals surface area (Å²) in [5.41, 5.74) is 10.8. The molecule has 0 unspecified atom stereocenters. The molecule has 0 saturated heterocycles. The quantitative estimate of drug-likeness (QED) is 0.692. The van der Waals surface area contributed by atoms with Gasteiger partial charge in [-0.2, -0.15) is 0 Å². The molecule has 0 heterocycles. The van der Waals surface area contributed by atoms with Crippen LogP contribution in [0.3, 0.4) is 0 Å². The molecule has 5 N–H and O–H groups in total. The molecule has 0 atom stereocenters. The van der Waals surface area contributed by atoms with Crippen molar-refractivity contribution in [2.45, 2.75) is 19.3 Å². The number of hydrogen-bond donors (Lipinski definition) is 3. The average molecular weight is 236 g/mol. The van der Waals surface area contributed by atoms with Crippen LogP contribution in [-0.4, -0.2) is 23.5 Å². The van der Waals surface area contributed by atoms with E-state index in [1.807, 2.05) is 0 Å². The third-order valence-electron chi connectivity index (χ3n) is 2.69. The van der Waals surface area contributed by atoms with Crippen molar-refractivity contribution in [3.05, 3.63) is 34.9 Å². The van der Waals surface area contributed by atoms with Crippen molar-refractivity contribution in [1.82, 2.24) is 0 Å². The SMILES string of the molecule is CC(C)(CO)c1cc(C(N)=O)ccc1C(N)=O. The van der Waals surface area contributed by atoms with E-state index in [2.05, 4.69) is 0 Å². The molecule has 1 rings (SSSR count). The Balaban J connectivity index is 3.46. The smallest absolute Gasteiger partial charge is 0.248 e. The Kier molecular flexibility index (Phi) is 3.53. The van der Waals surface area contributed by atoms with Crippen molar-refractivity contribution in [3.8, 4) is 0 Å². The van der Waals surface area contributed by atoms with E-state index >= 15 is 0 Å². The minimum Gasteiger partial charge on any atom is -0.395 e. The van der Waals surface area contributed by atoms with E-state index in [0.29, 0.717) is 5.56 Å². The van der Waals surface area contributed by atoms with Gasteiger partial charge in [-0.15, -0.1) is 0 Å². The zero-order valence-corrected chi connectivity index (χ0v) is 9.86. The third kappa shape index (κ3) is 2.62. The van der Waals surface area contributed by atoms with Crippen LogP contribution in [0.25, 0.3) is 0 Å². The van der Waals surface area contributed by atoms with Gasteiger partial charge in [-0.1, -0.05) is 13.8 Å². The van der Waals surface area contributed by atoms with Crippen molar-refractivity contribution in [2.24, 2.45) is 11.5 Å².